The van der Waals surface area contributed by atoms with E-state index in [-0.39, 0.29) is 12.5 Å². The highest BCUT2D eigenvalue weighted by molar-refractivity contribution is 9.10. The number of hydrogen-bond donors (Lipinski definition) is 1. The van der Waals surface area contributed by atoms with Gasteiger partial charge in [0.1, 0.15) is 5.75 Å². The van der Waals surface area contributed by atoms with Crippen LogP contribution in [0.15, 0.2) is 46.9 Å². The van der Waals surface area contributed by atoms with Crippen molar-refractivity contribution in [2.45, 2.75) is 0 Å². The third kappa shape index (κ3) is 4.48. The Bertz CT molecular complexity index is 696. The molecule has 0 unspecified atom stereocenters. The van der Waals surface area contributed by atoms with Gasteiger partial charge in [0.2, 0.25) is 0 Å². The van der Waals surface area contributed by atoms with Crippen molar-refractivity contribution in [1.29, 1.82) is 5.26 Å². The molecule has 0 atom stereocenters. The van der Waals surface area contributed by atoms with Crippen LogP contribution in [0.1, 0.15) is 5.56 Å². The summed E-state index contributed by atoms with van der Waals surface area (Å²) in [5.74, 6) is 0.198. The minimum absolute atomic E-state index is 0.144. The minimum Gasteiger partial charge on any atom is -0.484 e. The first-order valence-corrected chi connectivity index (χ1v) is 7.13. The number of nitrogens with zero attached hydrogens (tertiary/aromatic N) is 1. The third-order valence-corrected chi connectivity index (χ3v) is 3.38. The Morgan fingerprint density at radius 2 is 2.00 bits per heavy atom. The average molecular weight is 366 g/mol. The van der Waals surface area contributed by atoms with Crippen LogP contribution in [-0.4, -0.2) is 12.5 Å². The van der Waals surface area contributed by atoms with Crippen molar-refractivity contribution in [2.24, 2.45) is 0 Å². The van der Waals surface area contributed by atoms with Crippen molar-refractivity contribution in [3.8, 4) is 11.8 Å². The number of benzene rings is 2. The summed E-state index contributed by atoms with van der Waals surface area (Å²) >= 11 is 9.29. The van der Waals surface area contributed by atoms with Crippen LogP contribution < -0.4 is 10.1 Å². The van der Waals surface area contributed by atoms with Gasteiger partial charge in [-0.1, -0.05) is 27.5 Å². The van der Waals surface area contributed by atoms with E-state index in [4.69, 9.17) is 21.6 Å². The number of halogens is 2. The second-order valence-corrected chi connectivity index (χ2v) is 5.42. The van der Waals surface area contributed by atoms with E-state index in [1.165, 1.54) is 0 Å². The molecule has 6 heteroatoms. The van der Waals surface area contributed by atoms with Gasteiger partial charge in [0.15, 0.2) is 6.61 Å². The quantitative estimate of drug-likeness (QED) is 0.891. The molecule has 0 bridgehead atoms. The van der Waals surface area contributed by atoms with E-state index in [0.717, 1.165) is 4.47 Å². The van der Waals surface area contributed by atoms with Gasteiger partial charge in [-0.25, -0.2) is 0 Å². The number of ether oxygens (including phenoxy) is 1. The highest BCUT2D eigenvalue weighted by Crippen LogP contribution is 2.25. The second kappa shape index (κ2) is 7.11. The molecule has 2 aromatic rings. The van der Waals surface area contributed by atoms with Crippen LogP contribution in [0.4, 0.5) is 5.69 Å². The lowest BCUT2D eigenvalue weighted by molar-refractivity contribution is -0.118. The fourth-order valence-electron chi connectivity index (χ4n) is 1.55. The number of carbonyl (C=O) groups excluding carboxylic acids is 1. The predicted molar refractivity (Wildman–Crippen MR) is 84.4 cm³/mol. The lowest BCUT2D eigenvalue weighted by Crippen LogP contribution is -2.20. The summed E-state index contributed by atoms with van der Waals surface area (Å²) in [6.07, 6.45) is 0. The first-order chi connectivity index (χ1) is 10.1. The lowest BCUT2D eigenvalue weighted by Gasteiger charge is -2.09. The Labute approximate surface area is 135 Å². The summed E-state index contributed by atoms with van der Waals surface area (Å²) in [6, 6.07) is 13.7. The third-order valence-electron chi connectivity index (χ3n) is 2.56. The van der Waals surface area contributed by atoms with Crippen LogP contribution in [0.25, 0.3) is 0 Å². The monoisotopic (exact) mass is 364 g/mol. The van der Waals surface area contributed by atoms with E-state index in [1.807, 2.05) is 6.07 Å². The first kappa shape index (κ1) is 15.4. The summed E-state index contributed by atoms with van der Waals surface area (Å²) in [4.78, 5) is 11.8. The van der Waals surface area contributed by atoms with Crippen LogP contribution in [0.5, 0.6) is 5.75 Å². The second-order valence-electron chi connectivity index (χ2n) is 4.10. The molecular formula is C15H10BrClN2O2. The smallest absolute Gasteiger partial charge is 0.262 e. The summed E-state index contributed by atoms with van der Waals surface area (Å²) in [5.41, 5.74) is 1.05. The first-order valence-electron chi connectivity index (χ1n) is 5.96. The zero-order valence-corrected chi connectivity index (χ0v) is 13.1. The van der Waals surface area contributed by atoms with Crippen molar-refractivity contribution >= 4 is 39.1 Å². The number of carbonyl (C=O) groups is 1. The van der Waals surface area contributed by atoms with E-state index in [9.17, 15) is 4.79 Å². The van der Waals surface area contributed by atoms with Gasteiger partial charge in [0.05, 0.1) is 22.3 Å². The Morgan fingerprint density at radius 1 is 1.29 bits per heavy atom. The van der Waals surface area contributed by atoms with Gasteiger partial charge >= 0.3 is 0 Å². The normalized spacial score (nSPS) is 9.76. The predicted octanol–water partition coefficient (Wildman–Crippen LogP) is 3.99. The summed E-state index contributed by atoms with van der Waals surface area (Å²) in [6.45, 7) is -0.144. The van der Waals surface area contributed by atoms with Gasteiger partial charge in [-0.15, -0.1) is 0 Å². The van der Waals surface area contributed by atoms with E-state index in [1.54, 1.807) is 42.5 Å². The highest BCUT2D eigenvalue weighted by Gasteiger charge is 2.07. The SMILES string of the molecule is N#Cc1ccc(OCC(=O)Nc2cc(Br)ccc2Cl)cc1. The zero-order chi connectivity index (χ0) is 15.2. The van der Waals surface area contributed by atoms with Gasteiger partial charge in [-0.3, -0.25) is 4.79 Å². The molecule has 4 nitrogen and oxygen atoms in total. The van der Waals surface area contributed by atoms with Crippen molar-refractivity contribution in [3.63, 3.8) is 0 Å². The molecule has 0 spiro atoms. The molecule has 0 fully saturated rings. The van der Waals surface area contributed by atoms with Crippen molar-refractivity contribution in [3.05, 3.63) is 57.5 Å². The maximum Gasteiger partial charge on any atom is 0.262 e. The van der Waals surface area contributed by atoms with E-state index < -0.39 is 0 Å². The number of amides is 1. The summed E-state index contributed by atoms with van der Waals surface area (Å²) < 4.78 is 6.15. The van der Waals surface area contributed by atoms with E-state index in [2.05, 4.69) is 21.2 Å². The fourth-order valence-corrected chi connectivity index (χ4v) is 2.08. The molecule has 0 aliphatic carbocycles. The van der Waals surface area contributed by atoms with Gasteiger partial charge < -0.3 is 10.1 Å². The minimum atomic E-state index is -0.320. The molecule has 0 saturated heterocycles. The van der Waals surface area contributed by atoms with Crippen molar-refractivity contribution in [1.82, 2.24) is 0 Å². The molecule has 106 valence electrons. The average Bonchev–Trinajstić information content (AvgIpc) is 2.49. The molecule has 0 heterocycles. The maximum absolute atomic E-state index is 11.8. The Morgan fingerprint density at radius 3 is 2.67 bits per heavy atom. The van der Waals surface area contributed by atoms with E-state index in [0.29, 0.717) is 22.0 Å². The van der Waals surface area contributed by atoms with Crippen LogP contribution in [-0.2, 0) is 4.79 Å². The molecule has 21 heavy (non-hydrogen) atoms. The molecule has 2 aromatic carbocycles. The van der Waals surface area contributed by atoms with Gasteiger partial charge in [0.25, 0.3) is 5.91 Å². The number of rotatable bonds is 4. The standard InChI is InChI=1S/C15H10BrClN2O2/c16-11-3-6-13(17)14(7-11)19-15(20)9-21-12-4-1-10(8-18)2-5-12/h1-7H,9H2,(H,19,20). The van der Waals surface area contributed by atoms with Gasteiger partial charge in [0, 0.05) is 4.47 Å². The Balaban J connectivity index is 1.92. The maximum atomic E-state index is 11.8. The van der Waals surface area contributed by atoms with Crippen molar-refractivity contribution in [2.75, 3.05) is 11.9 Å². The molecule has 0 aliphatic heterocycles. The van der Waals surface area contributed by atoms with Crippen LogP contribution in [0.3, 0.4) is 0 Å². The van der Waals surface area contributed by atoms with Crippen molar-refractivity contribution < 1.29 is 9.53 Å². The van der Waals surface area contributed by atoms with Crippen LogP contribution in [0.2, 0.25) is 5.02 Å². The number of nitriles is 1. The molecule has 1 amide bonds. The number of hydrogen-bond acceptors (Lipinski definition) is 3. The lowest BCUT2D eigenvalue weighted by atomic mass is 10.2. The molecule has 0 radical (unpaired) electrons. The molecule has 0 saturated carbocycles. The highest BCUT2D eigenvalue weighted by atomic mass is 79.9. The zero-order valence-electron chi connectivity index (χ0n) is 10.8. The fraction of sp³-hybridized carbons (Fsp3) is 0.0667. The number of anilines is 1. The van der Waals surface area contributed by atoms with Crippen LogP contribution >= 0.6 is 27.5 Å². The summed E-state index contributed by atoms with van der Waals surface area (Å²) in [5, 5.41) is 11.8. The molecule has 0 aromatic heterocycles. The van der Waals surface area contributed by atoms with Gasteiger partial charge in [-0.05, 0) is 42.5 Å². The summed E-state index contributed by atoms with van der Waals surface area (Å²) in [7, 11) is 0. The number of nitrogens with one attached hydrogen (secondary N) is 1. The molecule has 1 N–H and O–H groups in total. The molecule has 2 rings (SSSR count). The topological polar surface area (TPSA) is 62.1 Å². The molecular weight excluding hydrogens is 356 g/mol. The van der Waals surface area contributed by atoms with Crippen LogP contribution in [0, 0.1) is 11.3 Å². The Kier molecular flexibility index (Phi) is 5.20. The largest absolute Gasteiger partial charge is 0.484 e. The molecule has 0 aliphatic rings. The Hall–Kier alpha value is -2.03. The van der Waals surface area contributed by atoms with E-state index >= 15 is 0 Å². The van der Waals surface area contributed by atoms with Gasteiger partial charge in [-0.2, -0.15) is 5.26 Å².